The summed E-state index contributed by atoms with van der Waals surface area (Å²) < 4.78 is 26.8. The van der Waals surface area contributed by atoms with Crippen LogP contribution in [0, 0.1) is 0 Å². The molecule has 24 heavy (non-hydrogen) atoms. The standard InChI is InChI=1S/C15H18ClN3O4S/c1-10-14(20)19-8-7-18(9-13(19)15(21)17(10)2)24(22,23)12-5-3-11(16)4-6-12/h3-6,10,13H,7-9H2,1-2H3/t10-,13+/m1/s1. The third-order valence-electron chi connectivity index (χ3n) is 4.65. The number of piperazine rings is 2. The molecule has 130 valence electrons. The second kappa shape index (κ2) is 6.02. The summed E-state index contributed by atoms with van der Waals surface area (Å²) in [5.41, 5.74) is 0. The Morgan fingerprint density at radius 3 is 2.33 bits per heavy atom. The number of carbonyl (C=O) groups excluding carboxylic acids is 2. The Hall–Kier alpha value is -1.64. The van der Waals surface area contributed by atoms with Crippen LogP contribution in [0.2, 0.25) is 5.02 Å². The summed E-state index contributed by atoms with van der Waals surface area (Å²) in [5, 5.41) is 0.447. The van der Waals surface area contributed by atoms with Gasteiger partial charge in [-0.3, -0.25) is 9.59 Å². The summed E-state index contributed by atoms with van der Waals surface area (Å²) >= 11 is 5.80. The van der Waals surface area contributed by atoms with E-state index in [1.54, 1.807) is 14.0 Å². The highest BCUT2D eigenvalue weighted by Gasteiger charge is 2.46. The van der Waals surface area contributed by atoms with Crippen LogP contribution in [0.15, 0.2) is 29.2 Å². The SMILES string of the molecule is C[C@@H]1C(=O)N2CCN(S(=O)(=O)c3ccc(Cl)cc3)C[C@H]2C(=O)N1C. The molecule has 2 saturated heterocycles. The molecule has 0 N–H and O–H groups in total. The Morgan fingerprint density at radius 1 is 1.08 bits per heavy atom. The molecule has 2 amide bonds. The second-order valence-electron chi connectivity index (χ2n) is 5.99. The molecular formula is C15H18ClN3O4S. The molecule has 0 aromatic heterocycles. The van der Waals surface area contributed by atoms with Gasteiger partial charge >= 0.3 is 0 Å². The Bertz CT molecular complexity index is 780. The number of halogens is 1. The highest BCUT2D eigenvalue weighted by molar-refractivity contribution is 7.89. The number of fused-ring (bicyclic) bond motifs is 1. The van der Waals surface area contributed by atoms with Gasteiger partial charge in [0.2, 0.25) is 21.8 Å². The fourth-order valence-corrected chi connectivity index (χ4v) is 4.60. The Morgan fingerprint density at radius 2 is 1.71 bits per heavy atom. The number of likely N-dealkylation sites (N-methyl/N-ethyl adjacent to an activating group) is 1. The lowest BCUT2D eigenvalue weighted by atomic mass is 10.0. The van der Waals surface area contributed by atoms with Crippen molar-refractivity contribution in [3.63, 3.8) is 0 Å². The summed E-state index contributed by atoms with van der Waals surface area (Å²) in [6, 6.07) is 4.60. The van der Waals surface area contributed by atoms with Crippen LogP contribution in [0.1, 0.15) is 6.92 Å². The number of rotatable bonds is 2. The maximum absolute atomic E-state index is 12.8. The van der Waals surface area contributed by atoms with E-state index in [-0.39, 0.29) is 36.3 Å². The highest BCUT2D eigenvalue weighted by Crippen LogP contribution is 2.25. The summed E-state index contributed by atoms with van der Waals surface area (Å²) in [5.74, 6) is -0.385. The average Bonchev–Trinajstić information content (AvgIpc) is 2.58. The maximum Gasteiger partial charge on any atom is 0.247 e. The minimum atomic E-state index is -3.74. The van der Waals surface area contributed by atoms with E-state index in [0.29, 0.717) is 5.02 Å². The molecular weight excluding hydrogens is 354 g/mol. The largest absolute Gasteiger partial charge is 0.332 e. The minimum absolute atomic E-state index is 0.0351. The first kappa shape index (κ1) is 17.2. The van der Waals surface area contributed by atoms with Gasteiger partial charge in [-0.05, 0) is 31.2 Å². The molecule has 7 nitrogen and oxygen atoms in total. The van der Waals surface area contributed by atoms with Gasteiger partial charge in [0.25, 0.3) is 0 Å². The topological polar surface area (TPSA) is 78.0 Å². The van der Waals surface area contributed by atoms with Gasteiger partial charge in [-0.25, -0.2) is 8.42 Å². The van der Waals surface area contributed by atoms with Crippen LogP contribution >= 0.6 is 11.6 Å². The monoisotopic (exact) mass is 371 g/mol. The molecule has 2 aliphatic heterocycles. The quantitative estimate of drug-likeness (QED) is 0.754. The van der Waals surface area contributed by atoms with Crippen LogP contribution < -0.4 is 0 Å². The zero-order chi connectivity index (χ0) is 17.6. The number of amides is 2. The zero-order valence-electron chi connectivity index (χ0n) is 13.3. The van der Waals surface area contributed by atoms with E-state index in [0.717, 1.165) is 0 Å². The lowest BCUT2D eigenvalue weighted by Gasteiger charge is -2.47. The molecule has 2 aliphatic rings. The lowest BCUT2D eigenvalue weighted by molar-refractivity contribution is -0.161. The van der Waals surface area contributed by atoms with E-state index in [4.69, 9.17) is 11.6 Å². The highest BCUT2D eigenvalue weighted by atomic mass is 35.5. The van der Waals surface area contributed by atoms with Crippen molar-refractivity contribution in [2.75, 3.05) is 26.7 Å². The van der Waals surface area contributed by atoms with Crippen molar-refractivity contribution in [3.05, 3.63) is 29.3 Å². The molecule has 0 unspecified atom stereocenters. The number of carbonyl (C=O) groups is 2. The molecule has 0 aliphatic carbocycles. The van der Waals surface area contributed by atoms with Crippen LogP contribution in [0.25, 0.3) is 0 Å². The summed E-state index contributed by atoms with van der Waals surface area (Å²) in [6.07, 6.45) is 0. The lowest BCUT2D eigenvalue weighted by Crippen LogP contribution is -2.69. The first-order valence-electron chi connectivity index (χ1n) is 7.56. The van der Waals surface area contributed by atoms with E-state index >= 15 is 0 Å². The molecule has 2 fully saturated rings. The summed E-state index contributed by atoms with van der Waals surface area (Å²) in [7, 11) is -2.17. The molecule has 3 rings (SSSR count). The Balaban J connectivity index is 1.87. The van der Waals surface area contributed by atoms with Crippen molar-refractivity contribution in [1.29, 1.82) is 0 Å². The fraction of sp³-hybridized carbons (Fsp3) is 0.467. The number of nitrogens with zero attached hydrogens (tertiary/aromatic N) is 3. The van der Waals surface area contributed by atoms with E-state index < -0.39 is 22.1 Å². The molecule has 1 aromatic rings. The van der Waals surface area contributed by atoms with Crippen LogP contribution in [0.4, 0.5) is 0 Å². The molecule has 2 atom stereocenters. The third kappa shape index (κ3) is 2.68. The van der Waals surface area contributed by atoms with Crippen LogP contribution in [0.3, 0.4) is 0 Å². The third-order valence-corrected chi connectivity index (χ3v) is 6.78. The molecule has 9 heteroatoms. The normalized spacial score (nSPS) is 25.8. The van der Waals surface area contributed by atoms with Gasteiger partial charge in [-0.2, -0.15) is 4.31 Å². The van der Waals surface area contributed by atoms with Crippen molar-refractivity contribution >= 4 is 33.4 Å². The molecule has 0 bridgehead atoms. The van der Waals surface area contributed by atoms with Gasteiger partial charge in [0.05, 0.1) is 4.90 Å². The van der Waals surface area contributed by atoms with Gasteiger partial charge < -0.3 is 9.80 Å². The molecule has 0 saturated carbocycles. The van der Waals surface area contributed by atoms with Crippen molar-refractivity contribution < 1.29 is 18.0 Å². The fourth-order valence-electron chi connectivity index (χ4n) is 3.04. The Labute approximate surface area is 145 Å². The summed E-state index contributed by atoms with van der Waals surface area (Å²) in [4.78, 5) is 27.8. The average molecular weight is 372 g/mol. The molecule has 2 heterocycles. The number of sulfonamides is 1. The van der Waals surface area contributed by atoms with Gasteiger partial charge in [0.1, 0.15) is 12.1 Å². The molecule has 1 aromatic carbocycles. The van der Waals surface area contributed by atoms with Gasteiger partial charge in [0.15, 0.2) is 0 Å². The Kier molecular flexibility index (Phi) is 4.31. The van der Waals surface area contributed by atoms with Crippen LogP contribution in [-0.4, -0.2) is 73.1 Å². The zero-order valence-corrected chi connectivity index (χ0v) is 14.9. The van der Waals surface area contributed by atoms with Crippen molar-refractivity contribution in [1.82, 2.24) is 14.1 Å². The number of hydrogen-bond donors (Lipinski definition) is 0. The van der Waals surface area contributed by atoms with Crippen LogP contribution in [-0.2, 0) is 19.6 Å². The number of hydrogen-bond acceptors (Lipinski definition) is 4. The molecule has 0 spiro atoms. The van der Waals surface area contributed by atoms with E-state index in [1.165, 1.54) is 38.4 Å². The second-order valence-corrected chi connectivity index (χ2v) is 8.36. The predicted molar refractivity (Wildman–Crippen MR) is 87.9 cm³/mol. The molecule has 0 radical (unpaired) electrons. The van der Waals surface area contributed by atoms with E-state index in [2.05, 4.69) is 0 Å². The van der Waals surface area contributed by atoms with Crippen molar-refractivity contribution in [2.24, 2.45) is 0 Å². The van der Waals surface area contributed by atoms with Crippen molar-refractivity contribution in [3.8, 4) is 0 Å². The minimum Gasteiger partial charge on any atom is -0.332 e. The van der Waals surface area contributed by atoms with Crippen LogP contribution in [0.5, 0.6) is 0 Å². The van der Waals surface area contributed by atoms with Gasteiger partial charge in [-0.1, -0.05) is 11.6 Å². The van der Waals surface area contributed by atoms with Crippen molar-refractivity contribution in [2.45, 2.75) is 23.9 Å². The first-order valence-corrected chi connectivity index (χ1v) is 9.38. The smallest absolute Gasteiger partial charge is 0.247 e. The van der Waals surface area contributed by atoms with E-state index in [9.17, 15) is 18.0 Å². The maximum atomic E-state index is 12.8. The summed E-state index contributed by atoms with van der Waals surface area (Å²) in [6.45, 7) is 2.01. The number of benzene rings is 1. The van der Waals surface area contributed by atoms with Gasteiger partial charge in [0, 0.05) is 31.7 Å². The first-order chi connectivity index (χ1) is 11.2. The predicted octanol–water partition coefficient (Wildman–Crippen LogP) is 0.402. The van der Waals surface area contributed by atoms with E-state index in [1.807, 2.05) is 0 Å². The van der Waals surface area contributed by atoms with Gasteiger partial charge in [-0.15, -0.1) is 0 Å².